The molecule has 2 unspecified atom stereocenters. The van der Waals surface area contributed by atoms with Crippen LogP contribution >= 0.6 is 0 Å². The smallest absolute Gasteiger partial charge is 0.247 e. The van der Waals surface area contributed by atoms with E-state index in [0.717, 1.165) is 19.3 Å². The van der Waals surface area contributed by atoms with E-state index < -0.39 is 10.0 Å². The highest BCUT2D eigenvalue weighted by atomic mass is 32.2. The molecule has 0 saturated carbocycles. The molecule has 0 radical (unpaired) electrons. The van der Waals surface area contributed by atoms with Gasteiger partial charge in [0.25, 0.3) is 0 Å². The molecule has 2 heterocycles. The summed E-state index contributed by atoms with van der Waals surface area (Å²) in [5.41, 5.74) is 0. The van der Waals surface area contributed by atoms with E-state index in [1.54, 1.807) is 11.2 Å². The number of hydrogen-bond donors (Lipinski definition) is 1. The number of sulfonamides is 1. The summed E-state index contributed by atoms with van der Waals surface area (Å²) >= 11 is 0. The second kappa shape index (κ2) is 5.26. The molecule has 5 nitrogen and oxygen atoms in total. The molecule has 0 bridgehead atoms. The highest BCUT2D eigenvalue weighted by Crippen LogP contribution is 2.31. The van der Waals surface area contributed by atoms with Crippen molar-refractivity contribution in [3.05, 3.63) is 17.6 Å². The van der Waals surface area contributed by atoms with Crippen LogP contribution in [0.5, 0.6) is 0 Å². The van der Waals surface area contributed by atoms with Crippen molar-refractivity contribution in [1.82, 2.24) is 4.31 Å². The molecule has 2 atom stereocenters. The molecule has 1 aromatic heterocycles. The lowest BCUT2D eigenvalue weighted by molar-refractivity contribution is 0.204. The Morgan fingerprint density at radius 3 is 2.42 bits per heavy atom. The van der Waals surface area contributed by atoms with E-state index in [1.165, 1.54) is 6.07 Å². The summed E-state index contributed by atoms with van der Waals surface area (Å²) in [5.74, 6) is 0.627. The number of aliphatic hydroxyl groups excluding tert-OH is 1. The maximum atomic E-state index is 12.7. The minimum atomic E-state index is -3.55. The number of hydrogen-bond acceptors (Lipinski definition) is 4. The Bertz CT molecular complexity index is 539. The van der Waals surface area contributed by atoms with Gasteiger partial charge in [0.1, 0.15) is 23.0 Å². The van der Waals surface area contributed by atoms with Crippen molar-refractivity contribution >= 4 is 10.0 Å². The molecule has 0 aromatic carbocycles. The molecular formula is C13H21NO4S. The van der Waals surface area contributed by atoms with Gasteiger partial charge in [-0.25, -0.2) is 8.42 Å². The van der Waals surface area contributed by atoms with Gasteiger partial charge >= 0.3 is 0 Å². The van der Waals surface area contributed by atoms with Gasteiger partial charge in [-0.15, -0.1) is 0 Å². The highest BCUT2D eigenvalue weighted by Gasteiger charge is 2.37. The Morgan fingerprint density at radius 2 is 1.95 bits per heavy atom. The SMILES string of the molecule is Cc1oc(CO)cc1S(=O)(=O)N1C(C)CCCC1C. The largest absolute Gasteiger partial charge is 0.462 e. The van der Waals surface area contributed by atoms with Gasteiger partial charge in [-0.3, -0.25) is 0 Å². The van der Waals surface area contributed by atoms with Gasteiger partial charge in [0, 0.05) is 18.2 Å². The maximum Gasteiger partial charge on any atom is 0.247 e. The number of furan rings is 1. The van der Waals surface area contributed by atoms with Crippen LogP contribution in [0.15, 0.2) is 15.4 Å². The van der Waals surface area contributed by atoms with Crippen LogP contribution in [-0.2, 0) is 16.6 Å². The Hall–Kier alpha value is -0.850. The Morgan fingerprint density at radius 1 is 1.37 bits per heavy atom. The fraction of sp³-hybridized carbons (Fsp3) is 0.692. The second-order valence-corrected chi connectivity index (χ2v) is 7.07. The summed E-state index contributed by atoms with van der Waals surface area (Å²) < 4.78 is 32.3. The first kappa shape index (κ1) is 14.6. The number of rotatable bonds is 3. The number of nitrogens with zero attached hydrogens (tertiary/aromatic N) is 1. The fourth-order valence-electron chi connectivity index (χ4n) is 2.84. The molecule has 0 spiro atoms. The maximum absolute atomic E-state index is 12.7. The molecule has 0 aliphatic carbocycles. The number of aliphatic hydroxyl groups is 1. The van der Waals surface area contributed by atoms with E-state index in [0.29, 0.717) is 5.76 Å². The summed E-state index contributed by atoms with van der Waals surface area (Å²) in [7, 11) is -3.55. The molecule has 2 rings (SSSR count). The summed E-state index contributed by atoms with van der Waals surface area (Å²) in [4.78, 5) is 0.178. The Kier molecular flexibility index (Phi) is 4.03. The molecular weight excluding hydrogens is 266 g/mol. The lowest BCUT2D eigenvalue weighted by Crippen LogP contribution is -2.47. The Labute approximate surface area is 114 Å². The van der Waals surface area contributed by atoms with Gasteiger partial charge in [-0.05, 0) is 33.6 Å². The zero-order valence-electron chi connectivity index (χ0n) is 11.6. The molecule has 6 heteroatoms. The molecule has 1 fully saturated rings. The van der Waals surface area contributed by atoms with Gasteiger partial charge in [-0.2, -0.15) is 4.31 Å². The average Bonchev–Trinajstić information content (AvgIpc) is 2.70. The van der Waals surface area contributed by atoms with Crippen molar-refractivity contribution in [1.29, 1.82) is 0 Å². The van der Waals surface area contributed by atoms with Crippen LogP contribution in [0.2, 0.25) is 0 Å². The first-order valence-electron chi connectivity index (χ1n) is 6.61. The van der Waals surface area contributed by atoms with Crippen molar-refractivity contribution in [2.45, 2.75) is 63.6 Å². The van der Waals surface area contributed by atoms with Crippen LogP contribution in [0.4, 0.5) is 0 Å². The van der Waals surface area contributed by atoms with Crippen LogP contribution in [0, 0.1) is 6.92 Å². The molecule has 1 aliphatic heterocycles. The summed E-state index contributed by atoms with van der Waals surface area (Å²) in [6, 6.07) is 1.43. The predicted molar refractivity (Wildman–Crippen MR) is 71.2 cm³/mol. The quantitative estimate of drug-likeness (QED) is 0.923. The van der Waals surface area contributed by atoms with Crippen LogP contribution in [0.25, 0.3) is 0 Å². The highest BCUT2D eigenvalue weighted by molar-refractivity contribution is 7.89. The lowest BCUT2D eigenvalue weighted by Gasteiger charge is -2.37. The van der Waals surface area contributed by atoms with Crippen LogP contribution in [0.3, 0.4) is 0 Å². The summed E-state index contributed by atoms with van der Waals surface area (Å²) in [6.07, 6.45) is 2.82. The number of piperidine rings is 1. The third-order valence-corrected chi connectivity index (χ3v) is 5.98. The van der Waals surface area contributed by atoms with E-state index in [-0.39, 0.29) is 29.3 Å². The molecule has 1 saturated heterocycles. The van der Waals surface area contributed by atoms with Gasteiger partial charge in [-0.1, -0.05) is 6.42 Å². The molecule has 0 amide bonds. The van der Waals surface area contributed by atoms with Gasteiger partial charge in [0.2, 0.25) is 10.0 Å². The van der Waals surface area contributed by atoms with E-state index in [1.807, 2.05) is 13.8 Å². The van der Waals surface area contributed by atoms with Crippen molar-refractivity contribution in [3.8, 4) is 0 Å². The van der Waals surface area contributed by atoms with Crippen LogP contribution in [0.1, 0.15) is 44.6 Å². The number of aryl methyl sites for hydroxylation is 1. The van der Waals surface area contributed by atoms with Crippen molar-refractivity contribution in [3.63, 3.8) is 0 Å². The standard InChI is InChI=1S/C13H21NO4S/c1-9-5-4-6-10(2)14(9)19(16,17)13-7-12(8-15)18-11(13)3/h7,9-10,15H,4-6,8H2,1-3H3. The first-order valence-corrected chi connectivity index (χ1v) is 8.05. The van der Waals surface area contributed by atoms with Crippen molar-refractivity contribution in [2.75, 3.05) is 0 Å². The molecule has 1 aromatic rings. The Balaban J connectivity index is 2.43. The molecule has 1 N–H and O–H groups in total. The molecule has 108 valence electrons. The van der Waals surface area contributed by atoms with Gasteiger partial charge < -0.3 is 9.52 Å². The van der Waals surface area contributed by atoms with E-state index in [9.17, 15) is 8.42 Å². The van der Waals surface area contributed by atoms with Crippen LogP contribution in [-0.4, -0.2) is 29.9 Å². The molecule has 1 aliphatic rings. The average molecular weight is 287 g/mol. The normalized spacial score (nSPS) is 25.7. The fourth-order valence-corrected chi connectivity index (χ4v) is 4.91. The van der Waals surface area contributed by atoms with Gasteiger partial charge in [0.15, 0.2) is 0 Å². The van der Waals surface area contributed by atoms with Gasteiger partial charge in [0.05, 0.1) is 0 Å². The minimum Gasteiger partial charge on any atom is -0.462 e. The van der Waals surface area contributed by atoms with E-state index >= 15 is 0 Å². The first-order chi connectivity index (χ1) is 8.87. The van der Waals surface area contributed by atoms with Crippen molar-refractivity contribution < 1.29 is 17.9 Å². The third-order valence-electron chi connectivity index (χ3n) is 3.75. The topological polar surface area (TPSA) is 70.8 Å². The third kappa shape index (κ3) is 2.57. The zero-order chi connectivity index (χ0) is 14.2. The summed E-state index contributed by atoms with van der Waals surface area (Å²) in [6.45, 7) is 5.21. The van der Waals surface area contributed by atoms with E-state index in [2.05, 4.69) is 0 Å². The molecule has 19 heavy (non-hydrogen) atoms. The monoisotopic (exact) mass is 287 g/mol. The zero-order valence-corrected chi connectivity index (χ0v) is 12.4. The predicted octanol–water partition coefficient (Wildman–Crippen LogP) is 2.03. The lowest BCUT2D eigenvalue weighted by atomic mass is 10.0. The summed E-state index contributed by atoms with van der Waals surface area (Å²) in [5, 5.41) is 9.05. The van der Waals surface area contributed by atoms with E-state index in [4.69, 9.17) is 9.52 Å². The van der Waals surface area contributed by atoms with Crippen molar-refractivity contribution in [2.24, 2.45) is 0 Å². The second-order valence-electron chi connectivity index (χ2n) is 5.26. The minimum absolute atomic E-state index is 0.000580. The van der Waals surface area contributed by atoms with Crippen LogP contribution < -0.4 is 0 Å².